The van der Waals surface area contributed by atoms with Crippen molar-refractivity contribution < 1.29 is 8.42 Å². The number of allylic oxidation sites excluding steroid dienone is 1. The monoisotopic (exact) mass is 344 g/mol. The van der Waals surface area contributed by atoms with Crippen LogP contribution in [-0.2, 0) is 9.84 Å². The van der Waals surface area contributed by atoms with Gasteiger partial charge in [-0.15, -0.1) is 0 Å². The molecule has 0 fully saturated rings. The normalized spacial score (nSPS) is 15.4. The molecule has 0 radical (unpaired) electrons. The van der Waals surface area contributed by atoms with Crippen molar-refractivity contribution in [1.82, 2.24) is 0 Å². The smallest absolute Gasteiger partial charge is 0.216 e. The van der Waals surface area contributed by atoms with E-state index < -0.39 is 9.84 Å². The lowest BCUT2D eigenvalue weighted by Crippen LogP contribution is -1.98. The highest BCUT2D eigenvalue weighted by Gasteiger charge is 2.33. The summed E-state index contributed by atoms with van der Waals surface area (Å²) in [5.74, 6) is 5.67. The van der Waals surface area contributed by atoms with Crippen molar-refractivity contribution >= 4 is 30.2 Å². The van der Waals surface area contributed by atoms with Crippen LogP contribution in [0.4, 0.5) is 0 Å². The second-order valence-electron chi connectivity index (χ2n) is 4.26. The molecule has 0 N–H and O–H groups in total. The van der Waals surface area contributed by atoms with Crippen molar-refractivity contribution in [3.05, 3.63) is 70.6 Å². The fourth-order valence-electron chi connectivity index (χ4n) is 2.01. The van der Waals surface area contributed by atoms with E-state index in [4.69, 9.17) is 0 Å². The van der Waals surface area contributed by atoms with Crippen LogP contribution in [-0.4, -0.2) is 8.42 Å². The van der Waals surface area contributed by atoms with Crippen molar-refractivity contribution in [1.29, 1.82) is 0 Å². The molecule has 0 saturated heterocycles. The lowest BCUT2D eigenvalue weighted by molar-refractivity contribution is 0.604. The van der Waals surface area contributed by atoms with Gasteiger partial charge in [-0.25, -0.2) is 8.42 Å². The van der Waals surface area contributed by atoms with Crippen molar-refractivity contribution in [2.45, 2.75) is 4.90 Å². The minimum absolute atomic E-state index is 0.127. The van der Waals surface area contributed by atoms with Crippen LogP contribution in [0.15, 0.2) is 64.4 Å². The zero-order valence-corrected chi connectivity index (χ0v) is 12.7. The van der Waals surface area contributed by atoms with Crippen LogP contribution in [0.5, 0.6) is 0 Å². The van der Waals surface area contributed by atoms with Crippen LogP contribution < -0.4 is 0 Å². The molecule has 2 aromatic rings. The maximum atomic E-state index is 12.4. The van der Waals surface area contributed by atoms with E-state index in [9.17, 15) is 8.42 Å². The molecule has 98 valence electrons. The number of halogens is 1. The van der Waals surface area contributed by atoms with E-state index in [1.54, 1.807) is 18.2 Å². The SMILES string of the molecule is O=S1(=O)C(C#Cc2ccccc2)=C(Br)c2ccccc21. The summed E-state index contributed by atoms with van der Waals surface area (Å²) in [4.78, 5) is 0.437. The molecule has 20 heavy (non-hydrogen) atoms. The zero-order chi connectivity index (χ0) is 14.2. The second kappa shape index (κ2) is 4.93. The number of rotatable bonds is 0. The van der Waals surface area contributed by atoms with Gasteiger partial charge in [0.05, 0.1) is 9.38 Å². The summed E-state index contributed by atoms with van der Waals surface area (Å²) in [6.07, 6.45) is 0. The van der Waals surface area contributed by atoms with Crippen LogP contribution in [0.2, 0.25) is 0 Å². The van der Waals surface area contributed by atoms with E-state index >= 15 is 0 Å². The maximum Gasteiger partial charge on any atom is 0.216 e. The van der Waals surface area contributed by atoms with Crippen molar-refractivity contribution in [2.24, 2.45) is 0 Å². The highest BCUT2D eigenvalue weighted by molar-refractivity contribution is 9.15. The van der Waals surface area contributed by atoms with Crippen LogP contribution in [0.3, 0.4) is 0 Å². The van der Waals surface area contributed by atoms with Gasteiger partial charge in [0.1, 0.15) is 4.91 Å². The summed E-state index contributed by atoms with van der Waals surface area (Å²) in [7, 11) is -3.51. The quantitative estimate of drug-likeness (QED) is 0.684. The fourth-order valence-corrected chi connectivity index (χ4v) is 4.69. The first-order chi connectivity index (χ1) is 9.60. The Kier molecular flexibility index (Phi) is 3.25. The first-order valence-corrected chi connectivity index (χ1v) is 8.19. The van der Waals surface area contributed by atoms with Crippen molar-refractivity contribution in [2.75, 3.05) is 0 Å². The standard InChI is InChI=1S/C16H9BrO2S/c17-16-13-8-4-5-9-14(13)20(18,19)15(16)11-10-12-6-2-1-3-7-12/h1-9H. The summed E-state index contributed by atoms with van der Waals surface area (Å²) in [5.41, 5.74) is 1.45. The number of hydrogen-bond donors (Lipinski definition) is 0. The molecule has 0 aliphatic carbocycles. The summed E-state index contributed by atoms with van der Waals surface area (Å²) in [6, 6.07) is 16.2. The van der Waals surface area contributed by atoms with Gasteiger partial charge in [-0.05, 0) is 40.0 Å². The Morgan fingerprint density at radius 1 is 0.850 bits per heavy atom. The first-order valence-electron chi connectivity index (χ1n) is 5.92. The number of benzene rings is 2. The third-order valence-corrected chi connectivity index (χ3v) is 5.84. The van der Waals surface area contributed by atoms with Gasteiger partial charge in [-0.3, -0.25) is 0 Å². The van der Waals surface area contributed by atoms with Gasteiger partial charge in [0.15, 0.2) is 0 Å². The number of fused-ring (bicyclic) bond motifs is 1. The minimum atomic E-state index is -3.51. The van der Waals surface area contributed by atoms with Gasteiger partial charge < -0.3 is 0 Å². The largest absolute Gasteiger partial charge is 0.218 e. The highest BCUT2D eigenvalue weighted by Crippen LogP contribution is 2.41. The van der Waals surface area contributed by atoms with E-state index in [1.165, 1.54) is 0 Å². The molecule has 0 amide bonds. The number of hydrogen-bond acceptors (Lipinski definition) is 2. The molecule has 0 saturated carbocycles. The van der Waals surface area contributed by atoms with Crippen molar-refractivity contribution in [3.63, 3.8) is 0 Å². The topological polar surface area (TPSA) is 34.1 Å². The van der Waals surface area contributed by atoms with Crippen LogP contribution in [0.25, 0.3) is 4.48 Å². The Hall–Kier alpha value is -1.83. The molecule has 4 heteroatoms. The van der Waals surface area contributed by atoms with Gasteiger partial charge in [0, 0.05) is 11.1 Å². The third kappa shape index (κ3) is 2.09. The highest BCUT2D eigenvalue weighted by atomic mass is 79.9. The van der Waals surface area contributed by atoms with Gasteiger partial charge in [0.25, 0.3) is 0 Å². The molecule has 1 aliphatic rings. The Labute approximate surface area is 126 Å². The van der Waals surface area contributed by atoms with E-state index in [1.807, 2.05) is 36.4 Å². The molecular formula is C16H9BrO2S. The van der Waals surface area contributed by atoms with Crippen LogP contribution in [0, 0.1) is 11.8 Å². The lowest BCUT2D eigenvalue weighted by Gasteiger charge is -1.96. The Morgan fingerprint density at radius 3 is 2.20 bits per heavy atom. The van der Waals surface area contributed by atoms with Gasteiger partial charge in [-0.2, -0.15) is 0 Å². The predicted molar refractivity (Wildman–Crippen MR) is 82.8 cm³/mol. The molecule has 2 aromatic carbocycles. The van der Waals surface area contributed by atoms with Gasteiger partial charge in [-0.1, -0.05) is 42.3 Å². The number of sulfone groups is 1. The van der Waals surface area contributed by atoms with Gasteiger partial charge in [0.2, 0.25) is 9.84 Å². The molecule has 1 heterocycles. The van der Waals surface area contributed by atoms with E-state index in [0.717, 1.165) is 5.56 Å². The molecule has 0 atom stereocenters. The fraction of sp³-hybridized carbons (Fsp3) is 0. The Balaban J connectivity index is 2.13. The molecule has 1 aliphatic heterocycles. The average molecular weight is 345 g/mol. The Bertz CT molecular complexity index is 869. The second-order valence-corrected chi connectivity index (χ2v) is 6.91. The Morgan fingerprint density at radius 2 is 1.50 bits per heavy atom. The third-order valence-electron chi connectivity index (χ3n) is 2.98. The summed E-state index contributed by atoms with van der Waals surface area (Å²) in [6.45, 7) is 0. The molecule has 0 unspecified atom stereocenters. The van der Waals surface area contributed by atoms with Crippen LogP contribution in [0.1, 0.15) is 11.1 Å². The molecule has 3 rings (SSSR count). The predicted octanol–water partition coefficient (Wildman–Crippen LogP) is 3.59. The van der Waals surface area contributed by atoms with E-state index in [2.05, 4.69) is 27.8 Å². The van der Waals surface area contributed by atoms with Gasteiger partial charge >= 0.3 is 0 Å². The zero-order valence-electron chi connectivity index (χ0n) is 10.3. The summed E-state index contributed by atoms with van der Waals surface area (Å²) < 4.78 is 25.4. The first kappa shape index (κ1) is 13.2. The minimum Gasteiger partial charge on any atom is -0.218 e. The lowest BCUT2D eigenvalue weighted by atomic mass is 10.2. The average Bonchev–Trinajstić information content (AvgIpc) is 2.66. The molecule has 0 bridgehead atoms. The summed E-state index contributed by atoms with van der Waals surface area (Å²) >= 11 is 3.35. The molecular weight excluding hydrogens is 336 g/mol. The van der Waals surface area contributed by atoms with E-state index in [0.29, 0.717) is 14.9 Å². The maximum absolute atomic E-state index is 12.4. The molecule has 0 spiro atoms. The molecule has 2 nitrogen and oxygen atoms in total. The molecule has 0 aromatic heterocycles. The van der Waals surface area contributed by atoms with Crippen molar-refractivity contribution in [3.8, 4) is 11.8 Å². The summed E-state index contributed by atoms with van der Waals surface area (Å²) in [5, 5.41) is 0. The van der Waals surface area contributed by atoms with E-state index in [-0.39, 0.29) is 4.91 Å². The van der Waals surface area contributed by atoms with Crippen LogP contribution >= 0.6 is 15.9 Å².